The molecule has 1 unspecified atom stereocenters. The van der Waals surface area contributed by atoms with Crippen LogP contribution < -0.4 is 4.74 Å². The number of rotatable bonds is 3. The minimum absolute atomic E-state index is 0.205. The van der Waals surface area contributed by atoms with Crippen molar-refractivity contribution in [3.63, 3.8) is 0 Å². The van der Waals surface area contributed by atoms with Gasteiger partial charge in [-0.3, -0.25) is 0 Å². The number of halogens is 4. The van der Waals surface area contributed by atoms with Gasteiger partial charge in [0.1, 0.15) is 5.76 Å². The number of ether oxygens (including phenoxy) is 2. The van der Waals surface area contributed by atoms with Crippen LogP contribution in [0.25, 0.3) is 0 Å². The average molecular weight is 343 g/mol. The summed E-state index contributed by atoms with van der Waals surface area (Å²) in [5.74, 6) is -1.12. The molecule has 2 rings (SSSR count). The van der Waals surface area contributed by atoms with E-state index in [4.69, 9.17) is 13.9 Å². The third kappa shape index (κ3) is 3.25. The second-order valence-corrected chi connectivity index (χ2v) is 4.91. The summed E-state index contributed by atoms with van der Waals surface area (Å²) in [6.45, 7) is 2.06. The Balaban J connectivity index is 2.28. The number of alkyl halides is 4. The third-order valence-electron chi connectivity index (χ3n) is 2.96. The first kappa shape index (κ1) is 14.7. The van der Waals surface area contributed by atoms with Gasteiger partial charge in [-0.25, -0.2) is 0 Å². The zero-order chi connectivity index (χ0) is 14.0. The fourth-order valence-electron chi connectivity index (χ4n) is 1.93. The van der Waals surface area contributed by atoms with Crippen LogP contribution in [0.3, 0.4) is 0 Å². The maximum absolute atomic E-state index is 12.9. The second kappa shape index (κ2) is 5.75. The van der Waals surface area contributed by atoms with Crippen LogP contribution >= 0.6 is 15.9 Å². The van der Waals surface area contributed by atoms with Gasteiger partial charge in [0.15, 0.2) is 12.0 Å². The molecule has 19 heavy (non-hydrogen) atoms. The van der Waals surface area contributed by atoms with E-state index >= 15 is 0 Å². The lowest BCUT2D eigenvalue weighted by molar-refractivity contribution is -0.159. The smallest absolute Gasteiger partial charge is 0.453 e. The fraction of sp³-hybridized carbons (Fsp3) is 0.667. The molecule has 0 aliphatic carbocycles. The molecule has 1 fully saturated rings. The van der Waals surface area contributed by atoms with Gasteiger partial charge < -0.3 is 13.9 Å². The number of hydrogen-bond acceptors (Lipinski definition) is 3. The van der Waals surface area contributed by atoms with Crippen LogP contribution in [0.2, 0.25) is 0 Å². The van der Waals surface area contributed by atoms with Crippen molar-refractivity contribution in [1.29, 1.82) is 0 Å². The first-order valence-corrected chi connectivity index (χ1v) is 7.09. The van der Waals surface area contributed by atoms with Gasteiger partial charge in [-0.15, -0.1) is 0 Å². The molecule has 0 bridgehead atoms. The molecule has 2 heterocycles. The number of furan rings is 1. The highest BCUT2D eigenvalue weighted by molar-refractivity contribution is 9.08. The van der Waals surface area contributed by atoms with Crippen molar-refractivity contribution < 1.29 is 27.1 Å². The van der Waals surface area contributed by atoms with E-state index in [9.17, 15) is 13.2 Å². The molecule has 0 radical (unpaired) electrons. The topological polar surface area (TPSA) is 31.6 Å². The summed E-state index contributed by atoms with van der Waals surface area (Å²) in [6.07, 6.45) is -2.83. The normalized spacial score (nSPS) is 20.6. The highest BCUT2D eigenvalue weighted by Gasteiger charge is 2.41. The van der Waals surface area contributed by atoms with Gasteiger partial charge in [-0.05, 0) is 19.8 Å². The maximum Gasteiger partial charge on any atom is 0.453 e. The van der Waals surface area contributed by atoms with Gasteiger partial charge >= 0.3 is 6.18 Å². The van der Waals surface area contributed by atoms with Crippen LogP contribution in [0.4, 0.5) is 13.2 Å². The Morgan fingerprint density at radius 1 is 1.37 bits per heavy atom. The van der Waals surface area contributed by atoms with Crippen molar-refractivity contribution in [2.45, 2.75) is 44.0 Å². The Kier molecular flexibility index (Phi) is 4.45. The molecular weight excluding hydrogens is 329 g/mol. The summed E-state index contributed by atoms with van der Waals surface area (Å²) < 4.78 is 54.2. The largest absolute Gasteiger partial charge is 0.461 e. The first-order chi connectivity index (χ1) is 8.93. The highest BCUT2D eigenvalue weighted by Crippen LogP contribution is 2.42. The van der Waals surface area contributed by atoms with Crippen LogP contribution in [-0.2, 0) is 16.2 Å². The summed E-state index contributed by atoms with van der Waals surface area (Å²) in [5, 5.41) is 0.205. The van der Waals surface area contributed by atoms with E-state index in [-0.39, 0.29) is 16.8 Å². The van der Waals surface area contributed by atoms with E-state index < -0.39 is 18.2 Å². The van der Waals surface area contributed by atoms with Crippen molar-refractivity contribution in [2.75, 3.05) is 6.61 Å². The van der Waals surface area contributed by atoms with Crippen LogP contribution in [0.1, 0.15) is 36.3 Å². The van der Waals surface area contributed by atoms with E-state index in [0.29, 0.717) is 18.6 Å². The summed E-state index contributed by atoms with van der Waals surface area (Å²) in [7, 11) is 0. The van der Waals surface area contributed by atoms with Gasteiger partial charge in [0.05, 0.1) is 11.9 Å². The minimum atomic E-state index is -4.57. The van der Waals surface area contributed by atoms with E-state index in [1.807, 2.05) is 0 Å². The molecule has 1 aliphatic rings. The predicted molar refractivity (Wildman–Crippen MR) is 65.3 cm³/mol. The van der Waals surface area contributed by atoms with Gasteiger partial charge in [0.2, 0.25) is 0 Å². The zero-order valence-corrected chi connectivity index (χ0v) is 11.9. The lowest BCUT2D eigenvalue weighted by atomic mass is 10.2. The van der Waals surface area contributed by atoms with Crippen molar-refractivity contribution in [1.82, 2.24) is 0 Å². The molecule has 0 N–H and O–H groups in total. The Morgan fingerprint density at radius 2 is 2.11 bits per heavy atom. The molecule has 0 amide bonds. The van der Waals surface area contributed by atoms with Gasteiger partial charge in [0.25, 0.3) is 5.76 Å². The Hall–Kier alpha value is -0.690. The van der Waals surface area contributed by atoms with Crippen molar-refractivity contribution in [2.24, 2.45) is 0 Å². The van der Waals surface area contributed by atoms with Gasteiger partial charge in [-0.1, -0.05) is 15.9 Å². The summed E-state index contributed by atoms with van der Waals surface area (Å²) in [4.78, 5) is 0. The molecule has 1 aliphatic heterocycles. The van der Waals surface area contributed by atoms with E-state index in [0.717, 1.165) is 12.8 Å². The van der Waals surface area contributed by atoms with Crippen molar-refractivity contribution in [3.8, 4) is 5.75 Å². The monoisotopic (exact) mass is 342 g/mol. The quantitative estimate of drug-likeness (QED) is 0.762. The minimum Gasteiger partial charge on any atom is -0.461 e. The van der Waals surface area contributed by atoms with Gasteiger partial charge in [-0.2, -0.15) is 13.2 Å². The summed E-state index contributed by atoms with van der Waals surface area (Å²) in [5.41, 5.74) is 0.360. The van der Waals surface area contributed by atoms with Gasteiger partial charge in [0, 0.05) is 12.0 Å². The summed E-state index contributed by atoms with van der Waals surface area (Å²) >= 11 is 3.10. The molecule has 1 saturated heterocycles. The molecule has 1 aromatic heterocycles. The van der Waals surface area contributed by atoms with E-state index in [2.05, 4.69) is 15.9 Å². The first-order valence-electron chi connectivity index (χ1n) is 5.97. The summed E-state index contributed by atoms with van der Waals surface area (Å²) in [6, 6.07) is 0. The second-order valence-electron chi connectivity index (χ2n) is 4.35. The Morgan fingerprint density at radius 3 is 2.63 bits per heavy atom. The maximum atomic E-state index is 12.9. The molecule has 3 nitrogen and oxygen atoms in total. The molecule has 108 valence electrons. The molecule has 1 atom stereocenters. The molecular formula is C12H14BrF3O3. The van der Waals surface area contributed by atoms with Crippen LogP contribution in [0, 0.1) is 6.92 Å². The van der Waals surface area contributed by atoms with E-state index in [1.165, 1.54) is 0 Å². The Labute approximate surface area is 117 Å². The Bertz CT molecular complexity index is 436. The lowest BCUT2D eigenvalue weighted by Gasteiger charge is -2.23. The van der Waals surface area contributed by atoms with Crippen LogP contribution in [0.15, 0.2) is 4.42 Å². The standard InChI is InChI=1S/C12H14BrF3O3/c1-7-8(6-13)18-11(12(14,15)16)10(7)19-9-4-2-3-5-17-9/h9H,2-6H2,1H3. The van der Waals surface area contributed by atoms with Crippen molar-refractivity contribution >= 4 is 15.9 Å². The molecule has 1 aromatic rings. The third-order valence-corrected chi connectivity index (χ3v) is 3.47. The SMILES string of the molecule is Cc1c(CBr)oc(C(F)(F)F)c1OC1CCCCO1. The predicted octanol–water partition coefficient (Wildman–Crippen LogP) is 4.41. The van der Waals surface area contributed by atoms with Crippen molar-refractivity contribution in [3.05, 3.63) is 17.1 Å². The molecule has 0 aromatic carbocycles. The molecule has 0 saturated carbocycles. The van der Waals surface area contributed by atoms with Crippen LogP contribution in [-0.4, -0.2) is 12.9 Å². The van der Waals surface area contributed by atoms with E-state index in [1.54, 1.807) is 6.92 Å². The van der Waals surface area contributed by atoms with Crippen LogP contribution in [0.5, 0.6) is 5.75 Å². The fourth-order valence-corrected chi connectivity index (χ4v) is 2.47. The number of hydrogen-bond donors (Lipinski definition) is 0. The molecule has 0 spiro atoms. The highest BCUT2D eigenvalue weighted by atomic mass is 79.9. The lowest BCUT2D eigenvalue weighted by Crippen LogP contribution is -2.26. The molecule has 7 heteroatoms. The zero-order valence-electron chi connectivity index (χ0n) is 10.3. The average Bonchev–Trinajstić information content (AvgIpc) is 2.68.